The van der Waals surface area contributed by atoms with Crippen LogP contribution in [0.4, 0.5) is 5.69 Å². The summed E-state index contributed by atoms with van der Waals surface area (Å²) in [7, 11) is 0. The van der Waals surface area contributed by atoms with Crippen molar-refractivity contribution in [1.82, 2.24) is 10.3 Å². The average Bonchev–Trinajstić information content (AvgIpc) is 3.31. The SMILES string of the molecule is Cc1ccc(C(=O)/C=C/c2ccc(C(=O)NCCCCNc3ccnc4cc(Cl)ccc34)cc2)o1. The predicted molar refractivity (Wildman–Crippen MR) is 140 cm³/mol. The van der Waals surface area contributed by atoms with Gasteiger partial charge in [-0.1, -0.05) is 29.8 Å². The number of nitrogens with zero attached hydrogens (tertiary/aromatic N) is 1. The van der Waals surface area contributed by atoms with Gasteiger partial charge in [-0.15, -0.1) is 0 Å². The number of allylic oxidation sites excluding steroid dienone is 1. The highest BCUT2D eigenvalue weighted by Crippen LogP contribution is 2.24. The topological polar surface area (TPSA) is 84.2 Å². The summed E-state index contributed by atoms with van der Waals surface area (Å²) in [5.41, 5.74) is 3.28. The van der Waals surface area contributed by atoms with Crippen molar-refractivity contribution in [3.8, 4) is 0 Å². The third-order valence-electron chi connectivity index (χ3n) is 5.49. The number of hydrogen-bond donors (Lipinski definition) is 2. The first-order valence-electron chi connectivity index (χ1n) is 11.4. The Balaban J connectivity index is 1.19. The molecule has 6 nitrogen and oxygen atoms in total. The summed E-state index contributed by atoms with van der Waals surface area (Å²) in [5.74, 6) is 0.689. The van der Waals surface area contributed by atoms with Crippen LogP contribution in [0.1, 0.15) is 45.1 Å². The van der Waals surface area contributed by atoms with E-state index in [2.05, 4.69) is 15.6 Å². The maximum atomic E-state index is 12.4. The summed E-state index contributed by atoms with van der Waals surface area (Å²) in [6.07, 6.45) is 6.69. The van der Waals surface area contributed by atoms with Gasteiger partial charge in [-0.3, -0.25) is 14.6 Å². The van der Waals surface area contributed by atoms with Gasteiger partial charge in [0.05, 0.1) is 5.52 Å². The summed E-state index contributed by atoms with van der Waals surface area (Å²) < 4.78 is 5.33. The zero-order valence-corrected chi connectivity index (χ0v) is 20.1. The Labute approximate surface area is 209 Å². The molecule has 2 aromatic carbocycles. The molecule has 35 heavy (non-hydrogen) atoms. The van der Waals surface area contributed by atoms with Crippen LogP contribution in [-0.4, -0.2) is 29.8 Å². The number of ketones is 1. The Hall–Kier alpha value is -3.90. The minimum Gasteiger partial charge on any atom is -0.458 e. The molecule has 0 saturated heterocycles. The number of amides is 1. The number of pyridine rings is 1. The normalized spacial score (nSPS) is 11.1. The minimum atomic E-state index is -0.198. The maximum Gasteiger partial charge on any atom is 0.251 e. The fraction of sp³-hybridized carbons (Fsp3) is 0.179. The average molecular weight is 488 g/mol. The Morgan fingerprint density at radius 1 is 1.00 bits per heavy atom. The van der Waals surface area contributed by atoms with Crippen LogP contribution >= 0.6 is 11.6 Å². The number of aromatic nitrogens is 1. The Morgan fingerprint density at radius 3 is 2.57 bits per heavy atom. The number of unbranched alkanes of at least 4 members (excludes halogenated alkanes) is 1. The molecule has 0 saturated carbocycles. The number of aryl methyl sites for hydroxylation is 1. The largest absolute Gasteiger partial charge is 0.458 e. The van der Waals surface area contributed by atoms with Crippen LogP contribution in [-0.2, 0) is 0 Å². The molecule has 0 fully saturated rings. The van der Waals surface area contributed by atoms with Crippen LogP contribution in [0.2, 0.25) is 5.02 Å². The first kappa shape index (κ1) is 24.2. The van der Waals surface area contributed by atoms with E-state index in [-0.39, 0.29) is 11.7 Å². The monoisotopic (exact) mass is 487 g/mol. The highest BCUT2D eigenvalue weighted by Gasteiger charge is 2.07. The van der Waals surface area contributed by atoms with E-state index in [1.807, 2.05) is 36.4 Å². The third kappa shape index (κ3) is 6.58. The molecule has 2 N–H and O–H groups in total. The fourth-order valence-corrected chi connectivity index (χ4v) is 3.79. The van der Waals surface area contributed by atoms with Crippen LogP contribution in [0, 0.1) is 6.92 Å². The lowest BCUT2D eigenvalue weighted by Gasteiger charge is -2.10. The molecular formula is C28H26ClN3O3. The molecule has 0 bridgehead atoms. The molecule has 0 unspecified atom stereocenters. The highest BCUT2D eigenvalue weighted by molar-refractivity contribution is 6.31. The number of furan rings is 1. The number of carbonyl (C=O) groups excluding carboxylic acids is 2. The third-order valence-corrected chi connectivity index (χ3v) is 5.73. The second-order valence-electron chi connectivity index (χ2n) is 8.14. The Morgan fingerprint density at radius 2 is 1.80 bits per heavy atom. The van der Waals surface area contributed by atoms with Gasteiger partial charge in [-0.05, 0) is 79.9 Å². The summed E-state index contributed by atoms with van der Waals surface area (Å²) >= 11 is 6.04. The zero-order valence-electron chi connectivity index (χ0n) is 19.4. The van der Waals surface area contributed by atoms with E-state index in [0.29, 0.717) is 28.7 Å². The van der Waals surface area contributed by atoms with Crippen LogP contribution < -0.4 is 10.6 Å². The van der Waals surface area contributed by atoms with Gasteiger partial charge in [-0.2, -0.15) is 0 Å². The minimum absolute atomic E-state index is 0.118. The van der Waals surface area contributed by atoms with Crippen molar-refractivity contribution in [1.29, 1.82) is 0 Å². The van der Waals surface area contributed by atoms with Crippen molar-refractivity contribution < 1.29 is 14.0 Å². The van der Waals surface area contributed by atoms with E-state index in [1.54, 1.807) is 43.5 Å². The molecule has 2 heterocycles. The summed E-state index contributed by atoms with van der Waals surface area (Å²) in [6, 6.07) is 18.1. The maximum absolute atomic E-state index is 12.4. The van der Waals surface area contributed by atoms with E-state index in [1.165, 1.54) is 6.08 Å². The molecule has 0 aliphatic carbocycles. The molecule has 1 amide bonds. The van der Waals surface area contributed by atoms with Crippen molar-refractivity contribution in [3.05, 3.63) is 101 Å². The van der Waals surface area contributed by atoms with Crippen LogP contribution in [0.5, 0.6) is 0 Å². The van der Waals surface area contributed by atoms with Crippen molar-refractivity contribution >= 4 is 46.0 Å². The molecule has 7 heteroatoms. The lowest BCUT2D eigenvalue weighted by molar-refractivity contribution is 0.0952. The van der Waals surface area contributed by atoms with Gasteiger partial charge in [0, 0.05) is 40.9 Å². The number of nitrogens with one attached hydrogen (secondary N) is 2. The number of carbonyl (C=O) groups is 2. The molecule has 0 atom stereocenters. The molecule has 0 radical (unpaired) electrons. The van der Waals surface area contributed by atoms with Gasteiger partial charge in [0.25, 0.3) is 5.91 Å². The second-order valence-corrected chi connectivity index (χ2v) is 8.58. The van der Waals surface area contributed by atoms with Crippen LogP contribution in [0.3, 0.4) is 0 Å². The second kappa shape index (κ2) is 11.5. The number of anilines is 1. The Bertz CT molecular complexity index is 1360. The highest BCUT2D eigenvalue weighted by atomic mass is 35.5. The first-order valence-corrected chi connectivity index (χ1v) is 11.8. The summed E-state index contributed by atoms with van der Waals surface area (Å²) in [5, 5.41) is 8.08. The van der Waals surface area contributed by atoms with E-state index >= 15 is 0 Å². The van der Waals surface area contributed by atoms with Gasteiger partial charge in [-0.25, -0.2) is 0 Å². The molecule has 0 aliphatic rings. The quantitative estimate of drug-likeness (QED) is 0.155. The number of rotatable bonds is 10. The van der Waals surface area contributed by atoms with Gasteiger partial charge in [0.1, 0.15) is 5.76 Å². The molecule has 0 aliphatic heterocycles. The molecule has 0 spiro atoms. The summed E-state index contributed by atoms with van der Waals surface area (Å²) in [4.78, 5) is 28.9. The van der Waals surface area contributed by atoms with E-state index in [9.17, 15) is 9.59 Å². The fourth-order valence-electron chi connectivity index (χ4n) is 3.62. The lowest BCUT2D eigenvalue weighted by atomic mass is 10.1. The van der Waals surface area contributed by atoms with Crippen LogP contribution in [0.15, 0.2) is 77.4 Å². The molecule has 4 aromatic rings. The van der Waals surface area contributed by atoms with E-state index < -0.39 is 0 Å². The van der Waals surface area contributed by atoms with Crippen molar-refractivity contribution in [2.75, 3.05) is 18.4 Å². The van der Waals surface area contributed by atoms with Crippen LogP contribution in [0.25, 0.3) is 17.0 Å². The van der Waals surface area contributed by atoms with Gasteiger partial charge < -0.3 is 15.1 Å². The molecule has 178 valence electrons. The zero-order chi connectivity index (χ0) is 24.6. The number of fused-ring (bicyclic) bond motifs is 1. The van der Waals surface area contributed by atoms with E-state index in [4.69, 9.17) is 16.0 Å². The molecular weight excluding hydrogens is 462 g/mol. The van der Waals surface area contributed by atoms with Crippen molar-refractivity contribution in [3.63, 3.8) is 0 Å². The molecule has 2 aromatic heterocycles. The van der Waals surface area contributed by atoms with Gasteiger partial charge in [0.2, 0.25) is 5.78 Å². The number of hydrogen-bond acceptors (Lipinski definition) is 5. The smallest absolute Gasteiger partial charge is 0.251 e. The number of benzene rings is 2. The van der Waals surface area contributed by atoms with Crippen molar-refractivity contribution in [2.24, 2.45) is 0 Å². The summed E-state index contributed by atoms with van der Waals surface area (Å²) in [6.45, 7) is 3.17. The van der Waals surface area contributed by atoms with E-state index in [0.717, 1.165) is 41.5 Å². The Kier molecular flexibility index (Phi) is 7.95. The van der Waals surface area contributed by atoms with Gasteiger partial charge >= 0.3 is 0 Å². The first-order chi connectivity index (χ1) is 17.0. The number of halogens is 1. The van der Waals surface area contributed by atoms with Gasteiger partial charge in [0.15, 0.2) is 5.76 Å². The lowest BCUT2D eigenvalue weighted by Crippen LogP contribution is -2.24. The van der Waals surface area contributed by atoms with Crippen molar-refractivity contribution in [2.45, 2.75) is 19.8 Å². The predicted octanol–water partition coefficient (Wildman–Crippen LogP) is 6.31. The standard InChI is InChI=1S/C28H26ClN3O3/c1-19-4-13-27(35-19)26(33)12-7-20-5-8-21(9-6-20)28(34)32-16-3-2-15-30-24-14-17-31-25-18-22(29)10-11-23(24)25/h4-14,17-18H,2-3,15-16H2,1H3,(H,30,31)(H,32,34)/b12-7+. The molecule has 4 rings (SSSR count).